The van der Waals surface area contributed by atoms with Crippen molar-refractivity contribution in [2.24, 2.45) is 5.41 Å². The Labute approximate surface area is 341 Å². The first kappa shape index (κ1) is 50.6. The Morgan fingerprint density at radius 3 is 2.36 bits per heavy atom. The molecule has 334 valence electrons. The number of carbonyl (C=O) groups is 4. The number of aliphatic hydroxyl groups is 2. The standard InChI is InChI=1S/C30H50N7O18P3S/c1-4-5-6-7-18(38)8-9-21(40)59-13-12-32-20(39)10-11-33-28(43)25(42)30(2,3)15-52-58(49,50)55-57(47,48)51-14-19-24(54-56(44,45)46)23(41)29(53-19)37-17-36-22-26(31)34-16-35-27(22)37/h16-17,19,23-25,29,41-42H,4-15H2,1-3H3,(H,32,39)(H,33,43)(H,47,48)(H,49,50)(H2,31,34,35)(H2,44,45,46). The Morgan fingerprint density at radius 2 is 1.68 bits per heavy atom. The van der Waals surface area contributed by atoms with Crippen LogP contribution in [0.3, 0.4) is 0 Å². The maximum atomic E-state index is 12.7. The van der Waals surface area contributed by atoms with Gasteiger partial charge in [0.05, 0.1) is 19.5 Å². The van der Waals surface area contributed by atoms with Crippen molar-refractivity contribution in [1.82, 2.24) is 30.2 Å². The molecule has 59 heavy (non-hydrogen) atoms. The van der Waals surface area contributed by atoms with E-state index in [4.69, 9.17) is 19.5 Å². The molecule has 1 fully saturated rings. The molecule has 10 N–H and O–H groups in total. The number of rotatable bonds is 26. The monoisotopic (exact) mass is 921 g/mol. The van der Waals surface area contributed by atoms with Crippen LogP contribution in [-0.4, -0.2) is 128 Å². The molecule has 0 aliphatic carbocycles. The van der Waals surface area contributed by atoms with Gasteiger partial charge >= 0.3 is 23.5 Å². The van der Waals surface area contributed by atoms with Gasteiger partial charge in [0.1, 0.15) is 42.0 Å². The largest absolute Gasteiger partial charge is 0.481 e. The van der Waals surface area contributed by atoms with Crippen molar-refractivity contribution >= 4 is 74.9 Å². The summed E-state index contributed by atoms with van der Waals surface area (Å²) in [6.45, 7) is 2.40. The second-order valence-corrected chi connectivity index (χ2v) is 19.2. The summed E-state index contributed by atoms with van der Waals surface area (Å²) in [5.74, 6) is -1.20. The van der Waals surface area contributed by atoms with E-state index in [-0.39, 0.29) is 66.0 Å². The van der Waals surface area contributed by atoms with Crippen molar-refractivity contribution in [3.63, 3.8) is 0 Å². The molecule has 0 saturated carbocycles. The SMILES string of the molecule is CCCCCC(=O)CCC(=O)SCCNC(=O)CCNC(=O)C(O)C(C)(C)COP(=O)(O)OP(=O)(O)OCC1OC(n2cnc3c(N)ncnc32)C(O)C1OP(=O)(O)O. The van der Waals surface area contributed by atoms with E-state index in [9.17, 15) is 62.7 Å². The summed E-state index contributed by atoms with van der Waals surface area (Å²) >= 11 is 0.988. The van der Waals surface area contributed by atoms with Crippen LogP contribution in [0.2, 0.25) is 0 Å². The number of nitrogens with one attached hydrogen (secondary N) is 2. The van der Waals surface area contributed by atoms with Gasteiger partial charge in [-0.3, -0.25) is 37.3 Å². The number of ketones is 1. The zero-order valence-corrected chi connectivity index (χ0v) is 35.7. The molecule has 1 saturated heterocycles. The lowest BCUT2D eigenvalue weighted by atomic mass is 9.87. The maximum absolute atomic E-state index is 12.7. The van der Waals surface area contributed by atoms with Gasteiger partial charge in [0.2, 0.25) is 11.8 Å². The lowest BCUT2D eigenvalue weighted by Gasteiger charge is -2.30. The van der Waals surface area contributed by atoms with E-state index in [2.05, 4.69) is 34.4 Å². The van der Waals surface area contributed by atoms with Gasteiger partial charge in [-0.1, -0.05) is 45.4 Å². The highest BCUT2D eigenvalue weighted by molar-refractivity contribution is 8.13. The number of phosphoric ester groups is 3. The van der Waals surface area contributed by atoms with Gasteiger partial charge in [-0.25, -0.2) is 28.6 Å². The minimum absolute atomic E-state index is 0.0257. The number of aliphatic hydroxyl groups excluding tert-OH is 2. The number of fused-ring (bicyclic) bond motifs is 1. The van der Waals surface area contributed by atoms with Gasteiger partial charge in [0.25, 0.3) is 0 Å². The number of unbranched alkanes of at least 4 members (excludes halogenated alkanes) is 2. The van der Waals surface area contributed by atoms with Crippen LogP contribution < -0.4 is 16.4 Å². The molecule has 2 amide bonds. The van der Waals surface area contributed by atoms with Gasteiger partial charge in [-0.15, -0.1) is 0 Å². The van der Waals surface area contributed by atoms with Crippen molar-refractivity contribution in [2.75, 3.05) is 37.8 Å². The predicted octanol–water partition coefficient (Wildman–Crippen LogP) is 0.594. The lowest BCUT2D eigenvalue weighted by Crippen LogP contribution is -2.46. The Kier molecular flexibility index (Phi) is 19.2. The number of thioether (sulfide) groups is 1. The van der Waals surface area contributed by atoms with Gasteiger partial charge in [0, 0.05) is 49.9 Å². The Balaban J connectivity index is 1.43. The van der Waals surface area contributed by atoms with E-state index in [1.807, 2.05) is 6.92 Å². The number of carbonyl (C=O) groups excluding carboxylic acids is 4. The van der Waals surface area contributed by atoms with Crippen LogP contribution in [-0.2, 0) is 55.5 Å². The number of aromatic nitrogens is 4. The molecule has 7 unspecified atom stereocenters. The number of nitrogen functional groups attached to an aromatic ring is 1. The van der Waals surface area contributed by atoms with Crippen LogP contribution in [0.15, 0.2) is 12.7 Å². The van der Waals surface area contributed by atoms with E-state index < -0.39 is 84.6 Å². The number of imidazole rings is 1. The van der Waals surface area contributed by atoms with Crippen molar-refractivity contribution in [1.29, 1.82) is 0 Å². The minimum Gasteiger partial charge on any atom is -0.386 e. The average Bonchev–Trinajstić information content (AvgIpc) is 3.70. The van der Waals surface area contributed by atoms with Gasteiger partial charge in [0.15, 0.2) is 22.8 Å². The van der Waals surface area contributed by atoms with E-state index in [1.165, 1.54) is 13.8 Å². The first-order chi connectivity index (χ1) is 27.4. The molecule has 0 radical (unpaired) electrons. The number of Topliss-reactive ketones (excluding diaryl/α,β-unsaturated/α-hetero) is 1. The summed E-state index contributed by atoms with van der Waals surface area (Å²) in [4.78, 5) is 99.5. The van der Waals surface area contributed by atoms with E-state index >= 15 is 0 Å². The Hall–Kier alpha value is -2.77. The van der Waals surface area contributed by atoms with E-state index in [0.29, 0.717) is 6.42 Å². The fourth-order valence-electron chi connectivity index (χ4n) is 5.31. The van der Waals surface area contributed by atoms with Gasteiger partial charge in [-0.2, -0.15) is 4.31 Å². The third-order valence-electron chi connectivity index (χ3n) is 8.43. The first-order valence-corrected chi connectivity index (χ1v) is 23.5. The Morgan fingerprint density at radius 1 is 0.983 bits per heavy atom. The highest BCUT2D eigenvalue weighted by Gasteiger charge is 2.50. The number of hydrogen-bond donors (Lipinski definition) is 9. The first-order valence-electron chi connectivity index (χ1n) is 18.0. The highest BCUT2D eigenvalue weighted by Crippen LogP contribution is 2.61. The molecule has 3 heterocycles. The lowest BCUT2D eigenvalue weighted by molar-refractivity contribution is -0.137. The molecule has 2 aromatic rings. The number of anilines is 1. The molecule has 1 aliphatic rings. The van der Waals surface area contributed by atoms with Crippen LogP contribution >= 0.6 is 35.2 Å². The molecular formula is C30H50N7O18P3S. The van der Waals surface area contributed by atoms with Crippen molar-refractivity contribution < 1.29 is 85.3 Å². The minimum atomic E-state index is -5.58. The van der Waals surface area contributed by atoms with Crippen molar-refractivity contribution in [3.05, 3.63) is 12.7 Å². The van der Waals surface area contributed by atoms with E-state index in [1.54, 1.807) is 0 Å². The van der Waals surface area contributed by atoms with E-state index in [0.717, 1.165) is 48.2 Å². The van der Waals surface area contributed by atoms with Crippen LogP contribution in [0.5, 0.6) is 0 Å². The molecule has 25 nitrogen and oxygen atoms in total. The van der Waals surface area contributed by atoms with Crippen LogP contribution in [0.4, 0.5) is 5.82 Å². The molecular weight excluding hydrogens is 871 g/mol. The summed E-state index contributed by atoms with van der Waals surface area (Å²) in [6, 6.07) is 0. The fraction of sp³-hybridized carbons (Fsp3) is 0.700. The second kappa shape index (κ2) is 22.4. The average molecular weight is 922 g/mol. The molecule has 0 bridgehead atoms. The molecule has 1 aliphatic heterocycles. The van der Waals surface area contributed by atoms with Crippen molar-refractivity contribution in [3.8, 4) is 0 Å². The molecule has 7 atom stereocenters. The van der Waals surface area contributed by atoms with Crippen LogP contribution in [0.1, 0.15) is 71.9 Å². The highest BCUT2D eigenvalue weighted by atomic mass is 32.2. The second-order valence-electron chi connectivity index (χ2n) is 13.8. The number of ether oxygens (including phenoxy) is 1. The fourth-order valence-corrected chi connectivity index (χ4v) is 8.81. The zero-order chi connectivity index (χ0) is 44.2. The molecule has 29 heteroatoms. The molecule has 3 rings (SSSR count). The number of nitrogens with two attached hydrogens (primary N) is 1. The summed E-state index contributed by atoms with van der Waals surface area (Å²) in [7, 11) is -16.4. The molecule has 0 aromatic carbocycles. The maximum Gasteiger partial charge on any atom is 0.481 e. The van der Waals surface area contributed by atoms with Crippen LogP contribution in [0, 0.1) is 5.41 Å². The number of hydrogen-bond acceptors (Lipinski definition) is 19. The Bertz CT molecular complexity index is 1920. The summed E-state index contributed by atoms with van der Waals surface area (Å²) in [5.41, 5.74) is 4.24. The predicted molar refractivity (Wildman–Crippen MR) is 205 cm³/mol. The normalized spacial score (nSPS) is 21.1. The topological polar surface area (TPSA) is 381 Å². The molecule has 0 spiro atoms. The molecule has 2 aromatic heterocycles. The summed E-state index contributed by atoms with van der Waals surface area (Å²) < 4.78 is 62.1. The number of nitrogens with zero attached hydrogens (tertiary/aromatic N) is 4. The van der Waals surface area contributed by atoms with Gasteiger partial charge < -0.3 is 50.9 Å². The van der Waals surface area contributed by atoms with Gasteiger partial charge in [-0.05, 0) is 6.42 Å². The summed E-state index contributed by atoms with van der Waals surface area (Å²) in [5, 5.41) is 26.2. The number of amides is 2. The smallest absolute Gasteiger partial charge is 0.386 e. The quantitative estimate of drug-likeness (QED) is 0.0460. The third-order valence-corrected chi connectivity index (χ3v) is 12.5. The zero-order valence-electron chi connectivity index (χ0n) is 32.2. The van der Waals surface area contributed by atoms with Crippen LogP contribution in [0.25, 0.3) is 11.2 Å². The third kappa shape index (κ3) is 16.6. The number of phosphoric acid groups is 3. The summed E-state index contributed by atoms with van der Waals surface area (Å²) in [6.07, 6.45) is -3.50. The van der Waals surface area contributed by atoms with Crippen molar-refractivity contribution in [2.45, 2.75) is 96.4 Å².